The minimum Gasteiger partial charge on any atom is -0.493 e. The van der Waals surface area contributed by atoms with Crippen LogP contribution in [0.3, 0.4) is 0 Å². The highest BCUT2D eigenvalue weighted by Gasteiger charge is 2.24. The first-order chi connectivity index (χ1) is 16.3. The Morgan fingerprint density at radius 2 is 1.91 bits per heavy atom. The molecule has 0 aliphatic carbocycles. The molecule has 1 amide bonds. The van der Waals surface area contributed by atoms with Crippen molar-refractivity contribution < 1.29 is 14.3 Å². The van der Waals surface area contributed by atoms with E-state index in [1.807, 2.05) is 56.3 Å². The van der Waals surface area contributed by atoms with Gasteiger partial charge < -0.3 is 14.8 Å². The molecule has 0 bridgehead atoms. The van der Waals surface area contributed by atoms with Gasteiger partial charge in [-0.1, -0.05) is 47.5 Å². The van der Waals surface area contributed by atoms with Crippen LogP contribution in [0.1, 0.15) is 22.3 Å². The Morgan fingerprint density at radius 3 is 2.65 bits per heavy atom. The molecule has 3 aromatic rings. The summed E-state index contributed by atoms with van der Waals surface area (Å²) < 4.78 is 12.3. The largest absolute Gasteiger partial charge is 0.493 e. The van der Waals surface area contributed by atoms with Gasteiger partial charge >= 0.3 is 0 Å². The van der Waals surface area contributed by atoms with E-state index in [4.69, 9.17) is 21.1 Å². The van der Waals surface area contributed by atoms with Crippen molar-refractivity contribution in [3.63, 3.8) is 0 Å². The van der Waals surface area contributed by atoms with Gasteiger partial charge in [0.25, 0.3) is 5.91 Å². The molecule has 0 unspecified atom stereocenters. The lowest BCUT2D eigenvalue weighted by molar-refractivity contribution is -0.115. The first kappa shape index (κ1) is 24.4. The van der Waals surface area contributed by atoms with Crippen molar-refractivity contribution in [3.8, 4) is 11.5 Å². The summed E-state index contributed by atoms with van der Waals surface area (Å²) in [6, 6.07) is 17.4. The standard InChI is InChI=1S/C26H22BrClN2O3S/c1-15-7-9-17(10-8-15)14-33-24-19(27)11-18(12-22(24)32-3)13-23-25(31)30-26(34-23)29-21-6-4-5-20(28)16(21)2/h4-13H,14H2,1-3H3,(H,29,30,31)/b23-13+. The van der Waals surface area contributed by atoms with Crippen molar-refractivity contribution >= 4 is 62.1 Å². The van der Waals surface area contributed by atoms with Crippen LogP contribution in [0.15, 0.2) is 69.0 Å². The molecule has 0 radical (unpaired) electrons. The predicted molar refractivity (Wildman–Crippen MR) is 143 cm³/mol. The zero-order chi connectivity index (χ0) is 24.2. The number of hydrogen-bond acceptors (Lipinski definition) is 5. The number of nitrogens with zero attached hydrogens (tertiary/aromatic N) is 1. The van der Waals surface area contributed by atoms with E-state index >= 15 is 0 Å². The van der Waals surface area contributed by atoms with E-state index in [0.29, 0.717) is 33.2 Å². The van der Waals surface area contributed by atoms with E-state index < -0.39 is 0 Å². The Balaban J connectivity index is 1.54. The molecule has 174 valence electrons. The lowest BCUT2D eigenvalue weighted by atomic mass is 10.1. The number of carbonyl (C=O) groups is 1. The second-order valence-electron chi connectivity index (χ2n) is 7.67. The number of halogens is 2. The topological polar surface area (TPSA) is 59.9 Å². The van der Waals surface area contributed by atoms with E-state index in [1.54, 1.807) is 13.2 Å². The molecule has 3 aromatic carbocycles. The summed E-state index contributed by atoms with van der Waals surface area (Å²) in [5, 5.41) is 3.95. The van der Waals surface area contributed by atoms with Gasteiger partial charge in [0.1, 0.15) is 6.61 Å². The van der Waals surface area contributed by atoms with Gasteiger partial charge in [0.15, 0.2) is 16.7 Å². The highest BCUT2D eigenvalue weighted by molar-refractivity contribution is 9.10. The Hall–Kier alpha value is -2.74. The molecule has 8 heteroatoms. The summed E-state index contributed by atoms with van der Waals surface area (Å²) in [5.74, 6) is 0.964. The minimum atomic E-state index is -0.210. The number of carbonyl (C=O) groups excluding carboxylic acids is 1. The minimum absolute atomic E-state index is 0.210. The van der Waals surface area contributed by atoms with Gasteiger partial charge in [0, 0.05) is 5.02 Å². The number of aliphatic imine (C=N–C) groups is 1. The third kappa shape index (κ3) is 5.66. The molecule has 0 aromatic heterocycles. The fourth-order valence-corrected chi connectivity index (χ4v) is 4.84. The van der Waals surface area contributed by atoms with Gasteiger partial charge in [-0.2, -0.15) is 0 Å². The number of ether oxygens (including phenoxy) is 2. The van der Waals surface area contributed by atoms with E-state index in [2.05, 4.69) is 38.4 Å². The van der Waals surface area contributed by atoms with Gasteiger partial charge in [0.05, 0.1) is 22.2 Å². The number of benzene rings is 3. The molecular weight excluding hydrogens is 536 g/mol. The molecule has 34 heavy (non-hydrogen) atoms. The molecule has 1 aliphatic rings. The van der Waals surface area contributed by atoms with Crippen LogP contribution < -0.4 is 14.8 Å². The second-order valence-corrected chi connectivity index (χ2v) is 9.97. The van der Waals surface area contributed by atoms with E-state index in [1.165, 1.54) is 17.3 Å². The smallest absolute Gasteiger partial charge is 0.264 e. The molecule has 1 aliphatic heterocycles. The van der Waals surface area contributed by atoms with Gasteiger partial charge in [0.2, 0.25) is 0 Å². The molecule has 1 fully saturated rings. The summed E-state index contributed by atoms with van der Waals surface area (Å²) in [5.41, 5.74) is 4.63. The summed E-state index contributed by atoms with van der Waals surface area (Å²) in [4.78, 5) is 17.6. The number of amides is 1. The Bertz CT molecular complexity index is 1310. The summed E-state index contributed by atoms with van der Waals surface area (Å²) in [6.07, 6.45) is 1.80. The highest BCUT2D eigenvalue weighted by atomic mass is 79.9. The maximum atomic E-state index is 12.5. The van der Waals surface area contributed by atoms with Gasteiger partial charge in [-0.25, -0.2) is 4.99 Å². The zero-order valence-electron chi connectivity index (χ0n) is 18.8. The van der Waals surface area contributed by atoms with Crippen LogP contribution in [0.2, 0.25) is 5.02 Å². The van der Waals surface area contributed by atoms with Crippen molar-refractivity contribution in [2.75, 3.05) is 7.11 Å². The van der Waals surface area contributed by atoms with Crippen molar-refractivity contribution in [1.82, 2.24) is 5.32 Å². The second kappa shape index (κ2) is 10.7. The van der Waals surface area contributed by atoms with Crippen molar-refractivity contribution in [1.29, 1.82) is 0 Å². The number of rotatable bonds is 6. The van der Waals surface area contributed by atoms with E-state index in [-0.39, 0.29) is 5.91 Å². The average molecular weight is 558 g/mol. The van der Waals surface area contributed by atoms with Crippen LogP contribution in [-0.2, 0) is 11.4 Å². The number of thioether (sulfide) groups is 1. The molecule has 5 nitrogen and oxygen atoms in total. The third-order valence-corrected chi connectivity index (χ3v) is 7.07. The summed E-state index contributed by atoms with van der Waals surface area (Å²) in [7, 11) is 1.59. The SMILES string of the molecule is COc1cc(/C=C2/SC(=Nc3cccc(Cl)c3C)NC2=O)cc(Br)c1OCc1ccc(C)cc1. The Morgan fingerprint density at radius 1 is 1.15 bits per heavy atom. The maximum Gasteiger partial charge on any atom is 0.264 e. The predicted octanol–water partition coefficient (Wildman–Crippen LogP) is 7.20. The van der Waals surface area contributed by atoms with Crippen LogP contribution in [0.25, 0.3) is 6.08 Å². The number of hydrogen-bond donors (Lipinski definition) is 1. The molecule has 0 atom stereocenters. The molecule has 1 N–H and O–H groups in total. The number of methoxy groups -OCH3 is 1. The quantitative estimate of drug-likeness (QED) is 0.326. The van der Waals surface area contributed by atoms with E-state index in [9.17, 15) is 4.79 Å². The van der Waals surface area contributed by atoms with Gasteiger partial charge in [-0.15, -0.1) is 0 Å². The fourth-order valence-electron chi connectivity index (χ4n) is 3.26. The van der Waals surface area contributed by atoms with Gasteiger partial charge in [-0.3, -0.25) is 4.79 Å². The first-order valence-electron chi connectivity index (χ1n) is 10.4. The lowest BCUT2D eigenvalue weighted by Gasteiger charge is -2.14. The highest BCUT2D eigenvalue weighted by Crippen LogP contribution is 2.39. The van der Waals surface area contributed by atoms with Crippen LogP contribution in [0.5, 0.6) is 11.5 Å². The fraction of sp³-hybridized carbons (Fsp3) is 0.154. The zero-order valence-corrected chi connectivity index (χ0v) is 22.0. The molecule has 1 heterocycles. The Labute approximate surface area is 216 Å². The van der Waals surface area contributed by atoms with Crippen LogP contribution in [0.4, 0.5) is 5.69 Å². The van der Waals surface area contributed by atoms with Crippen molar-refractivity contribution in [2.45, 2.75) is 20.5 Å². The number of nitrogens with one attached hydrogen (secondary N) is 1. The first-order valence-corrected chi connectivity index (χ1v) is 12.4. The average Bonchev–Trinajstić information content (AvgIpc) is 3.15. The van der Waals surface area contributed by atoms with Crippen LogP contribution in [0, 0.1) is 13.8 Å². The molecular formula is C26H22BrClN2O3S. The van der Waals surface area contributed by atoms with E-state index in [0.717, 1.165) is 26.9 Å². The van der Waals surface area contributed by atoms with Crippen molar-refractivity contribution in [3.05, 3.63) is 91.3 Å². The summed E-state index contributed by atoms with van der Waals surface area (Å²) >= 11 is 11.0. The molecule has 1 saturated heterocycles. The van der Waals surface area contributed by atoms with Gasteiger partial charge in [-0.05, 0) is 88.6 Å². The molecule has 0 saturated carbocycles. The number of amidine groups is 1. The maximum absolute atomic E-state index is 12.5. The third-order valence-electron chi connectivity index (χ3n) is 5.17. The number of aryl methyl sites for hydroxylation is 1. The monoisotopic (exact) mass is 556 g/mol. The van der Waals surface area contributed by atoms with Crippen LogP contribution in [-0.4, -0.2) is 18.2 Å². The summed E-state index contributed by atoms with van der Waals surface area (Å²) in [6.45, 7) is 4.36. The normalized spacial score (nSPS) is 15.6. The van der Waals surface area contributed by atoms with Crippen molar-refractivity contribution in [2.24, 2.45) is 4.99 Å². The molecule has 4 rings (SSSR count). The molecule has 0 spiro atoms. The lowest BCUT2D eigenvalue weighted by Crippen LogP contribution is -2.19. The Kier molecular flexibility index (Phi) is 7.66. The van der Waals surface area contributed by atoms with Crippen LogP contribution >= 0.6 is 39.3 Å².